The van der Waals surface area contributed by atoms with E-state index in [-0.39, 0.29) is 160 Å². The van der Waals surface area contributed by atoms with Crippen molar-refractivity contribution in [3.8, 4) is 5.75 Å². The van der Waals surface area contributed by atoms with Gasteiger partial charge in [0.1, 0.15) is 96.4 Å². The second kappa shape index (κ2) is 71.1. The summed E-state index contributed by atoms with van der Waals surface area (Å²) in [5.74, 6) is -23.4. The molecule has 20 atom stereocenters. The first-order valence-corrected chi connectivity index (χ1v) is 50.4. The Kier molecular flexibility index (Phi) is 62.8. The van der Waals surface area contributed by atoms with E-state index in [0.717, 1.165) is 6.92 Å². The first-order chi connectivity index (χ1) is 70.1. The molecule has 830 valence electrons. The average molecular weight is 2090 g/mol. The summed E-state index contributed by atoms with van der Waals surface area (Å²) in [6, 6.07) is -10.8. The van der Waals surface area contributed by atoms with Crippen LogP contribution in [0.2, 0.25) is 0 Å². The number of carbonyl (C=O) groups excluding carboxylic acids is 21. The van der Waals surface area contributed by atoms with E-state index in [9.17, 15) is 126 Å². The van der Waals surface area contributed by atoms with E-state index in [1.807, 2.05) is 0 Å². The Morgan fingerprint density at radius 2 is 0.716 bits per heavy atom. The summed E-state index contributed by atoms with van der Waals surface area (Å²) in [6.45, 7) is 14.4. The van der Waals surface area contributed by atoms with E-state index >= 15 is 0 Å². The molecule has 0 fully saturated rings. The van der Waals surface area contributed by atoms with Crippen LogP contribution in [0.4, 0.5) is 0 Å². The number of amides is 20. The maximum absolute atomic E-state index is 14.8. The van der Waals surface area contributed by atoms with Crippen molar-refractivity contribution in [3.63, 3.8) is 0 Å². The summed E-state index contributed by atoms with van der Waals surface area (Å²) < 4.78 is 0. The Labute approximate surface area is 862 Å². The fourth-order valence-electron chi connectivity index (χ4n) is 15.0. The van der Waals surface area contributed by atoms with Gasteiger partial charge < -0.3 is 156 Å². The fourth-order valence-corrected chi connectivity index (χ4v) is 15.0. The summed E-state index contributed by atoms with van der Waals surface area (Å²) >= 11 is 0. The number of nitrogens with one attached hydrogen (secondary N) is 18. The standard InChI is InChI=1S/C97H161N25O26/c1-11-54(6)78(94(145)107-50-75(129)119-79(55(7)12-2)96(147)122-81(58(10)125)97(148)113-67(37-39-77(131)132)88(139)116-68(46-53(4)5)89(140)110-65(30-19-23-42-100)86(137)109-63(28-17-21-40-98)84(135)106-45-25-44-105-76(130)52-124)120-92(143)70(47-59-26-15-14-16-27-59)117-87(138)66(31-20-24-43-101)111-93(144)72(51-123)118-90(141)71(49-74(104)128)114-82(133)57(9)108-85(136)64(29-18-22-41-99)112-95(146)80(56(8)13-3)121-91(142)69(48-60-32-34-61(126)35-33-60)115-83(134)62(102)36-38-73(103)127/h14-16,26-27,32-35,52-58,62-72,78-81,123,125-126H,11-13,17-25,28-31,36-51,98-102H2,1-10H3,(H2,103,127)(H2,104,128)(H,105,130)(H,106,135)(H,107,145)(H,108,136)(H,109,137)(H,110,140)(H,111,144)(H,112,146)(H,113,148)(H,114,133)(H,115,134)(H,116,139)(H,117,138)(H,118,141)(H,119,129)(H,120,143)(H,121,142)(H,122,147)(H,131,132)/t54-,55-,56-,57-,58+,62-,63-,64-,65-,66-,67-,68-,69-,70-,71-,72-,78-,79-,80-,81-/m0/s1. The monoisotopic (exact) mass is 2090 g/mol. The van der Waals surface area contributed by atoms with Crippen LogP contribution in [-0.2, 0) is 118 Å². The zero-order chi connectivity index (χ0) is 111. The third-order valence-electron chi connectivity index (χ3n) is 24.5. The summed E-state index contributed by atoms with van der Waals surface area (Å²) in [4.78, 5) is 300. The number of carboxylic acid groups (broad SMARTS) is 1. The number of hydrogen-bond donors (Lipinski definition) is 29. The van der Waals surface area contributed by atoms with Gasteiger partial charge in [-0.1, -0.05) is 117 Å². The molecule has 0 aliphatic carbocycles. The van der Waals surface area contributed by atoms with Crippen LogP contribution in [0.15, 0.2) is 54.6 Å². The minimum Gasteiger partial charge on any atom is -0.508 e. The summed E-state index contributed by atoms with van der Waals surface area (Å²) in [7, 11) is 0. The van der Waals surface area contributed by atoms with Crippen LogP contribution in [0.1, 0.15) is 222 Å². The summed E-state index contributed by atoms with van der Waals surface area (Å²) in [5.41, 5.74) is 40.9. The molecule has 0 saturated carbocycles. The van der Waals surface area contributed by atoms with E-state index in [0.29, 0.717) is 43.2 Å². The van der Waals surface area contributed by atoms with Crippen molar-refractivity contribution in [1.29, 1.82) is 0 Å². The van der Waals surface area contributed by atoms with Crippen LogP contribution in [0, 0.1) is 23.7 Å². The Bertz CT molecular complexity index is 4640. The number of carboxylic acids is 1. The van der Waals surface area contributed by atoms with Gasteiger partial charge in [-0.15, -0.1) is 0 Å². The molecule has 0 unspecified atom stereocenters. The maximum atomic E-state index is 14.8. The Morgan fingerprint density at radius 1 is 0.351 bits per heavy atom. The van der Waals surface area contributed by atoms with Crippen LogP contribution in [0.25, 0.3) is 0 Å². The van der Waals surface area contributed by atoms with Crippen molar-refractivity contribution in [2.45, 2.75) is 326 Å². The van der Waals surface area contributed by atoms with Crippen molar-refractivity contribution in [2.75, 3.05) is 52.4 Å². The molecule has 2 aromatic carbocycles. The summed E-state index contributed by atoms with van der Waals surface area (Å²) in [6.07, 6.45) is -1.46. The van der Waals surface area contributed by atoms with Crippen molar-refractivity contribution >= 4 is 130 Å². The number of benzene rings is 2. The number of phenols is 1. The highest BCUT2D eigenvalue weighted by Crippen LogP contribution is 2.20. The molecule has 0 bridgehead atoms. The number of unbranched alkanes of at least 4 members (excludes halogenated alkanes) is 4. The third kappa shape index (κ3) is 50.3. The van der Waals surface area contributed by atoms with Crippen LogP contribution in [-0.4, -0.2) is 306 Å². The number of aliphatic carboxylic acids is 1. The molecule has 2 aromatic rings. The molecule has 0 radical (unpaired) electrons. The Hall–Kier alpha value is -13.5. The molecule has 0 aliphatic heterocycles. The van der Waals surface area contributed by atoms with Gasteiger partial charge in [0.2, 0.25) is 119 Å². The molecule has 148 heavy (non-hydrogen) atoms. The predicted molar refractivity (Wildman–Crippen MR) is 542 cm³/mol. The Balaban J connectivity index is 2.46. The molecule has 0 heterocycles. The van der Waals surface area contributed by atoms with Crippen molar-refractivity contribution in [3.05, 3.63) is 65.7 Å². The molecule has 2 rings (SSSR count). The van der Waals surface area contributed by atoms with E-state index < -0.39 is 277 Å². The predicted octanol–water partition coefficient (Wildman–Crippen LogP) is -7.19. The van der Waals surface area contributed by atoms with Gasteiger partial charge in [-0.05, 0) is 190 Å². The first kappa shape index (κ1) is 131. The number of nitrogens with two attached hydrogens (primary N) is 7. The largest absolute Gasteiger partial charge is 0.508 e. The van der Waals surface area contributed by atoms with Crippen molar-refractivity contribution in [2.24, 2.45) is 63.8 Å². The number of aromatic hydroxyl groups is 1. The van der Waals surface area contributed by atoms with Gasteiger partial charge in [0.05, 0.1) is 31.7 Å². The molecule has 51 heteroatoms. The molecular formula is C97H161N25O26. The minimum absolute atomic E-state index is 0.00438. The van der Waals surface area contributed by atoms with Gasteiger partial charge >= 0.3 is 5.97 Å². The zero-order valence-corrected chi connectivity index (χ0v) is 86.3. The Morgan fingerprint density at radius 3 is 1.16 bits per heavy atom. The fraction of sp³-hybridized carbons (Fsp3) is 0.649. The van der Waals surface area contributed by atoms with Crippen molar-refractivity contribution in [1.82, 2.24) is 95.7 Å². The number of phenolic OH excluding ortho intramolecular Hbond substituents is 1. The molecule has 0 aromatic heterocycles. The van der Waals surface area contributed by atoms with Gasteiger partial charge in [-0.3, -0.25) is 105 Å². The van der Waals surface area contributed by atoms with E-state index in [1.165, 1.54) is 31.2 Å². The first-order valence-electron chi connectivity index (χ1n) is 50.4. The second-order valence-electron chi connectivity index (χ2n) is 37.2. The molecular weight excluding hydrogens is 1930 g/mol. The smallest absolute Gasteiger partial charge is 0.303 e. The van der Waals surface area contributed by atoms with E-state index in [2.05, 4.69) is 95.7 Å². The number of aliphatic hydroxyl groups excluding tert-OH is 2. The SMILES string of the molecule is CC[C@H](C)[C@H](NC(=O)CNC(=O)[C@@H](NC(=O)[C@H](Cc1ccccc1)NC(=O)[C@H](CCCCN)NC(=O)[C@H](CO)NC(=O)[C@H](CC(N)=O)NC(=O)[C@H](C)NC(=O)[C@H](CCCCN)NC(=O)[C@@H](NC(=O)[C@H](Cc1ccc(O)cc1)NC(=O)[C@@H](N)CCC(N)=O)[C@@H](C)CC)[C@@H](C)CC)C(=O)N[C@H](C(=O)N[C@@H](CCC(=O)O)C(=O)N[C@@H](CC(C)C)C(=O)N[C@@H](CCCCN)C(=O)N[C@@H](CCCCN)C(=O)NCCCNC(=O)C=O)[C@@H](C)O. The average Bonchev–Trinajstić information content (AvgIpc) is 0.844. The van der Waals surface area contributed by atoms with E-state index in [4.69, 9.17) is 40.1 Å². The quantitative estimate of drug-likeness (QED) is 0.0166. The topological polar surface area (TPSA) is 855 Å². The van der Waals surface area contributed by atoms with Gasteiger partial charge in [0.25, 0.3) is 5.91 Å². The number of aliphatic hydroxyl groups is 2. The highest BCUT2D eigenvalue weighted by atomic mass is 16.4. The molecule has 0 spiro atoms. The highest BCUT2D eigenvalue weighted by Gasteiger charge is 2.41. The van der Waals surface area contributed by atoms with Crippen LogP contribution < -0.4 is 136 Å². The molecule has 0 aliphatic rings. The van der Waals surface area contributed by atoms with Crippen molar-refractivity contribution < 1.29 is 126 Å². The highest BCUT2D eigenvalue weighted by molar-refractivity contribution is 6.23. The zero-order valence-electron chi connectivity index (χ0n) is 86.3. The molecule has 20 amide bonds. The number of carbonyl (C=O) groups is 22. The lowest BCUT2D eigenvalue weighted by molar-refractivity contribution is -0.139. The second-order valence-corrected chi connectivity index (χ2v) is 37.2. The minimum atomic E-state index is -1.96. The number of rotatable bonds is 76. The third-order valence-corrected chi connectivity index (χ3v) is 24.5. The maximum Gasteiger partial charge on any atom is 0.303 e. The summed E-state index contributed by atoms with van der Waals surface area (Å²) in [5, 5.41) is 87.0. The van der Waals surface area contributed by atoms with Crippen LogP contribution >= 0.6 is 0 Å². The number of primary amides is 2. The van der Waals surface area contributed by atoms with Gasteiger partial charge in [-0.25, -0.2) is 0 Å². The normalized spacial score (nSPS) is 15.2. The molecule has 36 N–H and O–H groups in total. The lowest BCUT2D eigenvalue weighted by Crippen LogP contribution is -2.62. The van der Waals surface area contributed by atoms with E-state index in [1.54, 1.807) is 85.7 Å². The number of aldehydes is 1. The molecule has 51 nitrogen and oxygen atoms in total. The van der Waals surface area contributed by atoms with Gasteiger partial charge in [0.15, 0.2) is 0 Å². The van der Waals surface area contributed by atoms with Gasteiger partial charge in [-0.2, -0.15) is 0 Å². The van der Waals surface area contributed by atoms with Gasteiger partial charge in [0, 0.05) is 38.8 Å². The molecule has 0 saturated heterocycles. The number of hydrogen-bond acceptors (Lipinski definition) is 30. The van der Waals surface area contributed by atoms with Crippen LogP contribution in [0.5, 0.6) is 5.75 Å². The van der Waals surface area contributed by atoms with Crippen LogP contribution in [0.3, 0.4) is 0 Å². The lowest BCUT2D eigenvalue weighted by Gasteiger charge is -2.30. The lowest BCUT2D eigenvalue weighted by atomic mass is 9.96.